The minimum Gasteiger partial charge on any atom is -0.496 e. The second-order valence-electron chi connectivity index (χ2n) is 6.10. The number of benzene rings is 1. The average Bonchev–Trinajstić information content (AvgIpc) is 2.61. The highest BCUT2D eigenvalue weighted by atomic mass is 35.5. The Morgan fingerprint density at radius 1 is 1.38 bits per heavy atom. The number of piperazine rings is 1. The summed E-state index contributed by atoms with van der Waals surface area (Å²) in [7, 11) is 1.51. The first-order valence-electron chi connectivity index (χ1n) is 8.33. The van der Waals surface area contributed by atoms with Gasteiger partial charge in [-0.1, -0.05) is 18.5 Å². The molecule has 0 radical (unpaired) electrons. The SMILES string of the molecule is CCN1CCN(C(C)CNC(=O)c2cc(Cl)c(N)cc2OC)CC1. The summed E-state index contributed by atoms with van der Waals surface area (Å²) < 4.78 is 5.23. The number of methoxy groups -OCH3 is 1. The van der Waals surface area contributed by atoms with Crippen molar-refractivity contribution in [2.75, 3.05) is 52.1 Å². The highest BCUT2D eigenvalue weighted by Gasteiger charge is 2.21. The highest BCUT2D eigenvalue weighted by molar-refractivity contribution is 6.33. The van der Waals surface area contributed by atoms with Crippen LogP contribution in [0, 0.1) is 0 Å². The molecule has 7 heteroatoms. The molecule has 1 atom stereocenters. The molecule has 6 nitrogen and oxygen atoms in total. The molecule has 1 aliphatic heterocycles. The van der Waals surface area contributed by atoms with Crippen LogP contribution in [0.4, 0.5) is 5.69 Å². The number of hydrogen-bond acceptors (Lipinski definition) is 5. The molecule has 1 heterocycles. The number of nitrogens with two attached hydrogens (primary N) is 1. The van der Waals surface area contributed by atoms with E-state index in [1.807, 2.05) is 0 Å². The van der Waals surface area contributed by atoms with Crippen molar-refractivity contribution >= 4 is 23.2 Å². The predicted octanol–water partition coefficient (Wildman–Crippen LogP) is 1.69. The Balaban J connectivity index is 1.92. The number of ether oxygens (including phenoxy) is 1. The van der Waals surface area contributed by atoms with E-state index in [0.29, 0.717) is 28.6 Å². The molecule has 0 aliphatic carbocycles. The molecule has 24 heavy (non-hydrogen) atoms. The van der Waals surface area contributed by atoms with Crippen LogP contribution in [0.25, 0.3) is 0 Å². The number of carbonyl (C=O) groups is 1. The number of amides is 1. The van der Waals surface area contributed by atoms with Crippen molar-refractivity contribution in [2.45, 2.75) is 19.9 Å². The van der Waals surface area contributed by atoms with Crippen LogP contribution in [-0.2, 0) is 0 Å². The minimum atomic E-state index is -0.201. The fourth-order valence-electron chi connectivity index (χ4n) is 2.90. The highest BCUT2D eigenvalue weighted by Crippen LogP contribution is 2.28. The number of carbonyl (C=O) groups excluding carboxylic acids is 1. The first-order valence-corrected chi connectivity index (χ1v) is 8.71. The zero-order chi connectivity index (χ0) is 17.7. The lowest BCUT2D eigenvalue weighted by Gasteiger charge is -2.37. The fraction of sp³-hybridized carbons (Fsp3) is 0.588. The normalized spacial score (nSPS) is 17.5. The van der Waals surface area contributed by atoms with E-state index in [2.05, 4.69) is 29.0 Å². The van der Waals surface area contributed by atoms with Gasteiger partial charge in [0.2, 0.25) is 0 Å². The Morgan fingerprint density at radius 3 is 2.62 bits per heavy atom. The van der Waals surface area contributed by atoms with Crippen molar-refractivity contribution in [3.05, 3.63) is 22.7 Å². The second-order valence-corrected chi connectivity index (χ2v) is 6.51. The summed E-state index contributed by atoms with van der Waals surface area (Å²) in [6.45, 7) is 10.2. The van der Waals surface area contributed by atoms with Crippen molar-refractivity contribution in [1.82, 2.24) is 15.1 Å². The van der Waals surface area contributed by atoms with Crippen molar-refractivity contribution in [3.8, 4) is 5.75 Å². The van der Waals surface area contributed by atoms with Crippen LogP contribution in [0.2, 0.25) is 5.02 Å². The maximum Gasteiger partial charge on any atom is 0.255 e. The molecule has 1 amide bonds. The van der Waals surface area contributed by atoms with Gasteiger partial charge in [0, 0.05) is 44.8 Å². The molecule has 1 aliphatic rings. The lowest BCUT2D eigenvalue weighted by molar-refractivity contribution is 0.0880. The molecule has 0 aromatic heterocycles. The van der Waals surface area contributed by atoms with Gasteiger partial charge < -0.3 is 20.7 Å². The van der Waals surface area contributed by atoms with Crippen LogP contribution in [0.3, 0.4) is 0 Å². The number of nitrogens with zero attached hydrogens (tertiary/aromatic N) is 2. The Hall–Kier alpha value is -1.50. The van der Waals surface area contributed by atoms with E-state index >= 15 is 0 Å². The topological polar surface area (TPSA) is 70.8 Å². The van der Waals surface area contributed by atoms with Crippen molar-refractivity contribution < 1.29 is 9.53 Å². The molecule has 1 unspecified atom stereocenters. The number of rotatable bonds is 6. The van der Waals surface area contributed by atoms with E-state index in [0.717, 1.165) is 32.7 Å². The third kappa shape index (κ3) is 4.53. The number of hydrogen-bond donors (Lipinski definition) is 2. The maximum absolute atomic E-state index is 12.5. The molecular formula is C17H27ClN4O2. The summed E-state index contributed by atoms with van der Waals surface area (Å²) in [5.74, 6) is 0.228. The lowest BCUT2D eigenvalue weighted by atomic mass is 10.1. The van der Waals surface area contributed by atoms with Gasteiger partial charge in [0.25, 0.3) is 5.91 Å². The standard InChI is InChI=1S/C17H27ClN4O2/c1-4-21-5-7-22(8-6-21)12(2)11-20-17(23)13-9-14(18)15(19)10-16(13)24-3/h9-10,12H,4-8,11,19H2,1-3H3,(H,20,23). The first-order chi connectivity index (χ1) is 11.5. The summed E-state index contributed by atoms with van der Waals surface area (Å²) in [4.78, 5) is 17.3. The number of likely N-dealkylation sites (N-methyl/N-ethyl adjacent to an activating group) is 1. The zero-order valence-corrected chi connectivity index (χ0v) is 15.4. The van der Waals surface area contributed by atoms with E-state index in [4.69, 9.17) is 22.1 Å². The fourth-order valence-corrected chi connectivity index (χ4v) is 3.06. The Labute approximate surface area is 148 Å². The first kappa shape index (κ1) is 18.8. The molecule has 0 saturated carbocycles. The number of anilines is 1. The molecule has 0 bridgehead atoms. The molecular weight excluding hydrogens is 328 g/mol. The zero-order valence-electron chi connectivity index (χ0n) is 14.6. The van der Waals surface area contributed by atoms with Gasteiger partial charge >= 0.3 is 0 Å². The van der Waals surface area contributed by atoms with E-state index in [1.54, 1.807) is 12.1 Å². The van der Waals surface area contributed by atoms with Crippen molar-refractivity contribution in [2.24, 2.45) is 0 Å². The van der Waals surface area contributed by atoms with Crippen LogP contribution in [0.1, 0.15) is 24.2 Å². The quantitative estimate of drug-likeness (QED) is 0.761. The Morgan fingerprint density at radius 2 is 2.04 bits per heavy atom. The average molecular weight is 355 g/mol. The molecule has 134 valence electrons. The largest absolute Gasteiger partial charge is 0.496 e. The van der Waals surface area contributed by atoms with Gasteiger partial charge in [-0.3, -0.25) is 9.69 Å². The molecule has 1 aromatic carbocycles. The molecule has 1 saturated heterocycles. The summed E-state index contributed by atoms with van der Waals surface area (Å²) in [6, 6.07) is 3.41. The minimum absolute atomic E-state index is 0.201. The Bertz CT molecular complexity index is 574. The summed E-state index contributed by atoms with van der Waals surface area (Å²) in [5, 5.41) is 3.32. The van der Waals surface area contributed by atoms with Gasteiger partial charge in [-0.2, -0.15) is 0 Å². The summed E-state index contributed by atoms with van der Waals surface area (Å²) in [6.07, 6.45) is 0. The number of halogens is 1. The lowest BCUT2D eigenvalue weighted by Crippen LogP contribution is -2.52. The molecule has 0 spiro atoms. The van der Waals surface area contributed by atoms with E-state index in [1.165, 1.54) is 7.11 Å². The smallest absolute Gasteiger partial charge is 0.255 e. The summed E-state index contributed by atoms with van der Waals surface area (Å²) in [5.41, 5.74) is 6.55. The van der Waals surface area contributed by atoms with Crippen LogP contribution in [-0.4, -0.2) is 68.1 Å². The van der Waals surface area contributed by atoms with E-state index in [9.17, 15) is 4.79 Å². The third-order valence-corrected chi connectivity index (χ3v) is 4.93. The number of nitrogen functional groups attached to an aromatic ring is 1. The monoisotopic (exact) mass is 354 g/mol. The van der Waals surface area contributed by atoms with Gasteiger partial charge in [-0.05, 0) is 19.5 Å². The van der Waals surface area contributed by atoms with Crippen LogP contribution in [0.5, 0.6) is 5.75 Å². The molecule has 1 aromatic rings. The Kier molecular flexibility index (Phi) is 6.71. The van der Waals surface area contributed by atoms with Gasteiger partial charge in [0.1, 0.15) is 5.75 Å². The van der Waals surface area contributed by atoms with Crippen molar-refractivity contribution in [3.63, 3.8) is 0 Å². The van der Waals surface area contributed by atoms with Crippen LogP contribution in [0.15, 0.2) is 12.1 Å². The van der Waals surface area contributed by atoms with Gasteiger partial charge in [-0.25, -0.2) is 0 Å². The van der Waals surface area contributed by atoms with Gasteiger partial charge in [0.05, 0.1) is 23.4 Å². The van der Waals surface area contributed by atoms with Crippen LogP contribution < -0.4 is 15.8 Å². The predicted molar refractivity (Wildman–Crippen MR) is 97.9 cm³/mol. The van der Waals surface area contributed by atoms with Gasteiger partial charge in [-0.15, -0.1) is 0 Å². The van der Waals surface area contributed by atoms with E-state index in [-0.39, 0.29) is 11.9 Å². The van der Waals surface area contributed by atoms with Crippen molar-refractivity contribution in [1.29, 1.82) is 0 Å². The molecule has 3 N–H and O–H groups in total. The second kappa shape index (κ2) is 8.55. The third-order valence-electron chi connectivity index (χ3n) is 4.60. The maximum atomic E-state index is 12.5. The number of nitrogens with one attached hydrogen (secondary N) is 1. The van der Waals surface area contributed by atoms with Gasteiger partial charge in [0.15, 0.2) is 0 Å². The van der Waals surface area contributed by atoms with Crippen LogP contribution >= 0.6 is 11.6 Å². The van der Waals surface area contributed by atoms with E-state index < -0.39 is 0 Å². The summed E-state index contributed by atoms with van der Waals surface area (Å²) >= 11 is 6.03. The molecule has 2 rings (SSSR count). The molecule has 1 fully saturated rings.